The van der Waals surface area contributed by atoms with Crippen LogP contribution in [0.3, 0.4) is 0 Å². The third-order valence-electron chi connectivity index (χ3n) is 8.52. The third-order valence-corrected chi connectivity index (χ3v) is 8.52. The molecule has 0 amide bonds. The molecule has 0 spiro atoms. The molecule has 36 heavy (non-hydrogen) atoms. The Morgan fingerprint density at radius 1 is 1.03 bits per heavy atom. The second kappa shape index (κ2) is 10.1. The van der Waals surface area contributed by atoms with Crippen LogP contribution in [0.2, 0.25) is 0 Å². The molecule has 2 aromatic carbocycles. The molecule has 0 N–H and O–H groups in total. The van der Waals surface area contributed by atoms with Crippen molar-refractivity contribution >= 4 is 5.57 Å². The van der Waals surface area contributed by atoms with E-state index in [0.29, 0.717) is 11.8 Å². The minimum absolute atomic E-state index is 0.300. The maximum Gasteiger partial charge on any atom is 0.0203 e. The Bertz CT molecular complexity index is 1350. The minimum Gasteiger partial charge on any atom is -0.0955 e. The number of allylic oxidation sites excluding steroid dienone is 10. The maximum absolute atomic E-state index is 4.77. The van der Waals surface area contributed by atoms with E-state index in [1.807, 2.05) is 0 Å². The van der Waals surface area contributed by atoms with Crippen LogP contribution in [0.1, 0.15) is 80.7 Å². The van der Waals surface area contributed by atoms with Gasteiger partial charge in [-0.15, -0.1) is 0 Å². The first-order chi connectivity index (χ1) is 17.5. The van der Waals surface area contributed by atoms with Crippen LogP contribution in [0, 0.1) is 5.92 Å². The minimum atomic E-state index is 0.300. The smallest absolute Gasteiger partial charge is 0.0203 e. The summed E-state index contributed by atoms with van der Waals surface area (Å²) in [6.45, 7) is 18.5. The number of aryl methyl sites for hydroxylation is 2. The molecular formula is C36H40. The molecule has 2 atom stereocenters. The van der Waals surface area contributed by atoms with E-state index < -0.39 is 0 Å². The van der Waals surface area contributed by atoms with Crippen molar-refractivity contribution in [3.63, 3.8) is 0 Å². The third kappa shape index (κ3) is 4.21. The van der Waals surface area contributed by atoms with Gasteiger partial charge in [0.2, 0.25) is 0 Å². The van der Waals surface area contributed by atoms with Crippen molar-refractivity contribution in [3.8, 4) is 0 Å². The predicted octanol–water partition coefficient (Wildman–Crippen LogP) is 9.65. The topological polar surface area (TPSA) is 0 Å². The molecule has 0 bridgehead atoms. The van der Waals surface area contributed by atoms with Crippen molar-refractivity contribution in [3.05, 3.63) is 135 Å². The van der Waals surface area contributed by atoms with Gasteiger partial charge in [0, 0.05) is 11.8 Å². The Labute approximate surface area is 218 Å². The Morgan fingerprint density at radius 3 is 2.58 bits per heavy atom. The lowest BCUT2D eigenvalue weighted by Gasteiger charge is -2.36. The monoisotopic (exact) mass is 472 g/mol. The zero-order valence-corrected chi connectivity index (χ0v) is 22.6. The molecule has 3 aliphatic rings. The number of fused-ring (bicyclic) bond motifs is 2. The normalized spacial score (nSPS) is 22.0. The molecule has 0 heteroatoms. The van der Waals surface area contributed by atoms with Gasteiger partial charge in [-0.2, -0.15) is 0 Å². The van der Waals surface area contributed by atoms with E-state index in [1.54, 1.807) is 0 Å². The Hall–Kier alpha value is -3.12. The predicted molar refractivity (Wildman–Crippen MR) is 156 cm³/mol. The second-order valence-electron chi connectivity index (χ2n) is 10.8. The molecule has 0 saturated heterocycles. The molecule has 0 heterocycles. The van der Waals surface area contributed by atoms with Gasteiger partial charge in [0.05, 0.1) is 0 Å². The van der Waals surface area contributed by atoms with Crippen LogP contribution in [-0.2, 0) is 19.3 Å². The number of hydrogen-bond donors (Lipinski definition) is 0. The highest BCUT2D eigenvalue weighted by atomic mass is 14.4. The summed E-state index contributed by atoms with van der Waals surface area (Å²) in [5.74, 6) is 0.618. The van der Waals surface area contributed by atoms with Crippen LogP contribution in [0.5, 0.6) is 0 Å². The van der Waals surface area contributed by atoms with Gasteiger partial charge in [0.15, 0.2) is 0 Å². The van der Waals surface area contributed by atoms with Crippen LogP contribution >= 0.6 is 0 Å². The van der Waals surface area contributed by atoms with Gasteiger partial charge in [-0.05, 0) is 94.7 Å². The molecule has 0 radical (unpaired) electrons. The summed E-state index contributed by atoms with van der Waals surface area (Å²) >= 11 is 0. The summed E-state index contributed by atoms with van der Waals surface area (Å²) in [5, 5.41) is 0. The molecule has 1 saturated carbocycles. The van der Waals surface area contributed by atoms with E-state index in [-0.39, 0.29) is 0 Å². The largest absolute Gasteiger partial charge is 0.0955 e. The first kappa shape index (κ1) is 24.6. The van der Waals surface area contributed by atoms with E-state index in [0.717, 1.165) is 38.5 Å². The number of hydrogen-bond acceptors (Lipinski definition) is 0. The van der Waals surface area contributed by atoms with Gasteiger partial charge in [0.1, 0.15) is 0 Å². The van der Waals surface area contributed by atoms with Crippen molar-refractivity contribution in [2.75, 3.05) is 0 Å². The summed E-state index contributed by atoms with van der Waals surface area (Å²) in [6, 6.07) is 16.0. The average Bonchev–Trinajstić information content (AvgIpc) is 3.43. The fourth-order valence-corrected chi connectivity index (χ4v) is 6.71. The van der Waals surface area contributed by atoms with Gasteiger partial charge >= 0.3 is 0 Å². The molecule has 0 aromatic heterocycles. The molecule has 1 fully saturated rings. The standard InChI is InChI=1S/C36H40/c1-7-12-23(4)34-24(5)19-31-22-30(21-29-18-17-28-13-10-11-14-32(28)29)25(6)35(31)36(34)33-20-26(8-2)15-16-27(33)9-3/h10-11,13-16,18-21,35-36H,4,6-9,12,17,22H2,1-3,5H3/b30-21+. The Balaban J connectivity index is 1.62. The van der Waals surface area contributed by atoms with Crippen LogP contribution < -0.4 is 0 Å². The Kier molecular flexibility index (Phi) is 6.89. The van der Waals surface area contributed by atoms with Gasteiger partial charge < -0.3 is 0 Å². The molecule has 2 unspecified atom stereocenters. The van der Waals surface area contributed by atoms with E-state index >= 15 is 0 Å². The van der Waals surface area contributed by atoms with E-state index in [4.69, 9.17) is 6.58 Å². The van der Waals surface area contributed by atoms with E-state index in [2.05, 4.69) is 95.0 Å². The zero-order valence-electron chi connectivity index (χ0n) is 22.6. The fourth-order valence-electron chi connectivity index (χ4n) is 6.71. The molecule has 5 rings (SSSR count). The molecule has 3 aliphatic carbocycles. The van der Waals surface area contributed by atoms with Crippen LogP contribution in [0.15, 0.2) is 107 Å². The first-order valence-electron chi connectivity index (χ1n) is 13.9. The maximum atomic E-state index is 4.77. The lowest BCUT2D eigenvalue weighted by Crippen LogP contribution is -2.22. The highest BCUT2D eigenvalue weighted by molar-refractivity contribution is 5.82. The van der Waals surface area contributed by atoms with Crippen molar-refractivity contribution in [2.24, 2.45) is 5.92 Å². The first-order valence-corrected chi connectivity index (χ1v) is 13.9. The summed E-state index contributed by atoms with van der Waals surface area (Å²) in [4.78, 5) is 0. The zero-order chi connectivity index (χ0) is 25.4. The van der Waals surface area contributed by atoms with E-state index in [1.165, 1.54) is 66.8 Å². The van der Waals surface area contributed by atoms with Gasteiger partial charge in [-0.3, -0.25) is 0 Å². The summed E-state index contributed by atoms with van der Waals surface area (Å²) in [5.41, 5.74) is 16.9. The van der Waals surface area contributed by atoms with Crippen molar-refractivity contribution in [1.29, 1.82) is 0 Å². The number of rotatable bonds is 7. The van der Waals surface area contributed by atoms with Crippen LogP contribution in [0.25, 0.3) is 5.57 Å². The second-order valence-corrected chi connectivity index (χ2v) is 10.8. The lowest BCUT2D eigenvalue weighted by molar-refractivity contribution is 0.614. The number of benzene rings is 2. The quantitative estimate of drug-likeness (QED) is 0.376. The van der Waals surface area contributed by atoms with Crippen LogP contribution in [-0.4, -0.2) is 0 Å². The molecule has 0 nitrogen and oxygen atoms in total. The lowest BCUT2D eigenvalue weighted by atomic mass is 9.68. The molecule has 184 valence electrons. The van der Waals surface area contributed by atoms with Gasteiger partial charge in [0.25, 0.3) is 0 Å². The Morgan fingerprint density at radius 2 is 1.83 bits per heavy atom. The molecular weight excluding hydrogens is 432 g/mol. The fraction of sp³-hybridized carbons (Fsp3) is 0.333. The van der Waals surface area contributed by atoms with E-state index in [9.17, 15) is 0 Å². The van der Waals surface area contributed by atoms with Crippen molar-refractivity contribution < 1.29 is 0 Å². The highest BCUT2D eigenvalue weighted by Crippen LogP contribution is 2.56. The van der Waals surface area contributed by atoms with Crippen molar-refractivity contribution in [1.82, 2.24) is 0 Å². The van der Waals surface area contributed by atoms with Gasteiger partial charge in [-0.1, -0.05) is 112 Å². The van der Waals surface area contributed by atoms with Crippen molar-refractivity contribution in [2.45, 2.75) is 72.1 Å². The average molecular weight is 473 g/mol. The summed E-state index contributed by atoms with van der Waals surface area (Å²) in [7, 11) is 0. The van der Waals surface area contributed by atoms with Gasteiger partial charge in [-0.25, -0.2) is 0 Å². The van der Waals surface area contributed by atoms with Crippen LogP contribution in [0.4, 0.5) is 0 Å². The highest BCUT2D eigenvalue weighted by Gasteiger charge is 2.41. The summed E-state index contributed by atoms with van der Waals surface area (Å²) in [6.07, 6.45) is 13.6. The molecule has 2 aromatic rings. The molecule has 0 aliphatic heterocycles. The summed E-state index contributed by atoms with van der Waals surface area (Å²) < 4.78 is 0. The SMILES string of the molecule is C=C(CCC)C1=C(C)C=C2C/C(=C\C3=CCc4ccccc43)C(=C)C2C1c1cc(CC)ccc1CC.